The number of fused-ring (bicyclic) bond motifs is 4. The number of pyridine rings is 1. The number of aryl methyl sites for hydroxylation is 2. The molecular formula is C27H32N3O4P. The smallest absolute Gasteiger partial charge is 0.278 e. The van der Waals surface area contributed by atoms with Gasteiger partial charge in [-0.3, -0.25) is 19.3 Å². The minimum Gasteiger partial charge on any atom is -0.474 e. The third-order valence-electron chi connectivity index (χ3n) is 6.90. The Morgan fingerprint density at radius 1 is 0.971 bits per heavy atom. The van der Waals surface area contributed by atoms with E-state index in [2.05, 4.69) is 63.0 Å². The monoisotopic (exact) mass is 494 g/mol. The van der Waals surface area contributed by atoms with E-state index >= 15 is 0 Å². The van der Waals surface area contributed by atoms with Crippen molar-refractivity contribution in [3.63, 3.8) is 0 Å². The molecule has 1 aromatic heterocycles. The lowest BCUT2D eigenvalue weighted by atomic mass is 9.93. The van der Waals surface area contributed by atoms with Gasteiger partial charge in [0.2, 0.25) is 11.2 Å². The average molecular weight is 495 g/mol. The molecule has 8 heteroatoms. The Morgan fingerprint density at radius 2 is 1.60 bits per heavy atom. The summed E-state index contributed by atoms with van der Waals surface area (Å²) in [4.78, 5) is 28.0. The lowest BCUT2D eigenvalue weighted by Gasteiger charge is -2.51. The van der Waals surface area contributed by atoms with Crippen LogP contribution < -0.4 is 15.0 Å². The molecule has 2 unspecified atom stereocenters. The number of nitrogens with zero attached hydrogens (tertiary/aromatic N) is 3. The van der Waals surface area contributed by atoms with Gasteiger partial charge >= 0.3 is 0 Å². The molecule has 3 aliphatic rings. The quantitative estimate of drug-likeness (QED) is 0.506. The predicted octanol–water partition coefficient (Wildman–Crippen LogP) is 3.93. The van der Waals surface area contributed by atoms with Gasteiger partial charge in [-0.2, -0.15) is 0 Å². The second-order valence-corrected chi connectivity index (χ2v) is 8.79. The zero-order valence-corrected chi connectivity index (χ0v) is 21.2. The van der Waals surface area contributed by atoms with Gasteiger partial charge in [0.25, 0.3) is 5.91 Å². The first kappa shape index (κ1) is 23.6. The number of hydrogen-bond donors (Lipinski definition) is 0. The van der Waals surface area contributed by atoms with Crippen LogP contribution in [0.15, 0.2) is 65.6 Å². The molecule has 1 saturated heterocycles. The molecule has 2 aromatic carbocycles. The highest BCUT2D eigenvalue weighted by molar-refractivity contribution is 7.10. The van der Waals surface area contributed by atoms with Gasteiger partial charge in [-0.25, -0.2) is 0 Å². The van der Waals surface area contributed by atoms with Gasteiger partial charge in [0.1, 0.15) is 6.17 Å². The number of amides is 1. The molecule has 7 nitrogen and oxygen atoms in total. The average Bonchev–Trinajstić information content (AvgIpc) is 3.07. The molecule has 0 radical (unpaired) electrons. The van der Waals surface area contributed by atoms with Crippen LogP contribution in [0.5, 0.6) is 5.75 Å². The second kappa shape index (κ2) is 9.84. The molecule has 3 heterocycles. The summed E-state index contributed by atoms with van der Waals surface area (Å²) in [5, 5.41) is 2.19. The number of aromatic nitrogens is 1. The van der Waals surface area contributed by atoms with E-state index in [1.165, 1.54) is 28.3 Å². The van der Waals surface area contributed by atoms with Gasteiger partial charge in [0, 0.05) is 20.2 Å². The van der Waals surface area contributed by atoms with Gasteiger partial charge in [-0.1, -0.05) is 62.4 Å². The molecule has 0 N–H and O–H groups in total. The summed E-state index contributed by atoms with van der Waals surface area (Å²) in [6, 6.07) is 18.3. The molecule has 6 rings (SSSR count). The van der Waals surface area contributed by atoms with Crippen LogP contribution in [0.4, 0.5) is 0 Å². The summed E-state index contributed by atoms with van der Waals surface area (Å²) in [5.41, 5.74) is 4.88. The Bertz CT molecular complexity index is 1270. The molecule has 1 aliphatic carbocycles. The van der Waals surface area contributed by atoms with E-state index in [-0.39, 0.29) is 36.4 Å². The van der Waals surface area contributed by atoms with Crippen molar-refractivity contribution < 1.29 is 15.5 Å². The highest BCUT2D eigenvalue weighted by Crippen LogP contribution is 2.40. The number of hydrogen-bond acceptors (Lipinski definition) is 5. The normalized spacial score (nSPS) is 18.8. The Kier molecular flexibility index (Phi) is 6.63. The summed E-state index contributed by atoms with van der Waals surface area (Å²) < 4.78 is 13.0. The molecular weight excluding hydrogens is 461 g/mol. The fourth-order valence-electron chi connectivity index (χ4n) is 5.41. The van der Waals surface area contributed by atoms with Crippen molar-refractivity contribution in [1.29, 1.82) is 0 Å². The van der Waals surface area contributed by atoms with Crippen LogP contribution in [0.3, 0.4) is 0 Å². The van der Waals surface area contributed by atoms with Gasteiger partial charge < -0.3 is 14.2 Å². The molecule has 2 aliphatic heterocycles. The topological polar surface area (TPSA) is 64.0 Å². The maximum atomic E-state index is 13.6. The van der Waals surface area contributed by atoms with Crippen molar-refractivity contribution >= 4 is 15.4 Å². The predicted molar refractivity (Wildman–Crippen MR) is 140 cm³/mol. The van der Waals surface area contributed by atoms with Crippen LogP contribution in [0.25, 0.3) is 0 Å². The fourth-order valence-corrected chi connectivity index (χ4v) is 5.64. The zero-order chi connectivity index (χ0) is 24.5. The third-order valence-corrected chi connectivity index (χ3v) is 7.14. The van der Waals surface area contributed by atoms with E-state index in [1.807, 2.05) is 23.4 Å². The maximum Gasteiger partial charge on any atom is 0.278 e. The van der Waals surface area contributed by atoms with Crippen molar-refractivity contribution in [2.24, 2.45) is 0 Å². The molecule has 35 heavy (non-hydrogen) atoms. The van der Waals surface area contributed by atoms with E-state index in [1.54, 1.807) is 6.20 Å². The molecule has 1 amide bonds. The van der Waals surface area contributed by atoms with Crippen molar-refractivity contribution in [3.05, 3.63) is 99.0 Å². The van der Waals surface area contributed by atoms with E-state index in [0.29, 0.717) is 19.8 Å². The van der Waals surface area contributed by atoms with Crippen LogP contribution >= 0.6 is 9.47 Å². The number of carbonyl (C=O) groups excluding carboxylic acids is 1. The van der Waals surface area contributed by atoms with Crippen molar-refractivity contribution in [2.75, 3.05) is 24.8 Å². The van der Waals surface area contributed by atoms with Crippen LogP contribution in [-0.2, 0) is 17.6 Å². The summed E-state index contributed by atoms with van der Waals surface area (Å²) in [7, 11) is 2.11. The summed E-state index contributed by atoms with van der Waals surface area (Å²) in [6.07, 6.45) is 3.25. The summed E-state index contributed by atoms with van der Waals surface area (Å²) >= 11 is 0. The lowest BCUT2D eigenvalue weighted by molar-refractivity contribution is -0.0195. The van der Waals surface area contributed by atoms with E-state index in [4.69, 9.17) is 9.26 Å². The van der Waals surface area contributed by atoms with Crippen LogP contribution in [0.2, 0.25) is 0 Å². The maximum absolute atomic E-state index is 13.6. The first-order valence-electron chi connectivity index (χ1n) is 12.1. The standard InChI is InChI=1S/C25H24N3O4P.C2H6.H2/c29-20-11-12-27-23(24(20)32-33)25(30)26-13-14-31-15-21(26)28(27)22-18-7-3-1-5-16(18)9-10-17-6-2-4-8-19(17)22;1-2;/h1-8,11-12,21-22H,9-10,13-15,33H2;1-2H3;1H/i;;1+1. The molecule has 0 spiro atoms. The Balaban J connectivity index is 0.000000990. The van der Waals surface area contributed by atoms with Crippen LogP contribution in [0.1, 0.15) is 54.1 Å². The molecule has 1 fully saturated rings. The van der Waals surface area contributed by atoms with E-state index < -0.39 is 0 Å². The first-order chi connectivity index (χ1) is 17.2. The van der Waals surface area contributed by atoms with Crippen molar-refractivity contribution in [1.82, 2.24) is 9.58 Å². The highest BCUT2D eigenvalue weighted by atomic mass is 31.0. The number of morpholine rings is 1. The van der Waals surface area contributed by atoms with Gasteiger partial charge in [0.05, 0.1) is 28.7 Å². The Labute approximate surface area is 209 Å². The largest absolute Gasteiger partial charge is 0.474 e. The minimum absolute atomic E-state index is 0. The molecule has 0 saturated carbocycles. The first-order valence-corrected chi connectivity index (χ1v) is 12.6. The van der Waals surface area contributed by atoms with Crippen LogP contribution in [-0.4, -0.2) is 41.4 Å². The molecule has 3 aromatic rings. The van der Waals surface area contributed by atoms with Gasteiger partial charge in [-0.15, -0.1) is 0 Å². The lowest BCUT2D eigenvalue weighted by Crippen LogP contribution is -2.66. The summed E-state index contributed by atoms with van der Waals surface area (Å²) in [5.74, 6) is -0.178. The van der Waals surface area contributed by atoms with Crippen molar-refractivity contribution in [2.45, 2.75) is 38.9 Å². The summed E-state index contributed by atoms with van der Waals surface area (Å²) in [6.45, 7) is 5.30. The second-order valence-electron chi connectivity index (χ2n) is 8.55. The van der Waals surface area contributed by atoms with Crippen molar-refractivity contribution in [3.8, 4) is 5.75 Å². The minimum atomic E-state index is -0.321. The highest BCUT2D eigenvalue weighted by Gasteiger charge is 2.45. The van der Waals surface area contributed by atoms with Gasteiger partial charge in [-0.05, 0) is 35.1 Å². The van der Waals surface area contributed by atoms with Crippen LogP contribution in [0, 0.1) is 0 Å². The fraction of sp³-hybridized carbons (Fsp3) is 0.333. The number of carbonyl (C=O) groups is 1. The van der Waals surface area contributed by atoms with E-state index in [9.17, 15) is 9.59 Å². The molecule has 184 valence electrons. The third kappa shape index (κ3) is 3.83. The number of ether oxygens (including phenoxy) is 1. The van der Waals surface area contributed by atoms with Gasteiger partial charge in [0.15, 0.2) is 5.69 Å². The molecule has 2 atom stereocenters. The van der Waals surface area contributed by atoms with E-state index in [0.717, 1.165) is 12.8 Å². The number of rotatable bonds is 2. The molecule has 0 bridgehead atoms. The Morgan fingerprint density at radius 3 is 2.23 bits per heavy atom. The SMILES string of the molecule is CC.O=C1c2c(OP)c(=O)ccn2N(C2c3ccccc3CCc3ccccc32)C2COCCN12.[2HH]. The number of benzene rings is 2. The Hall–Kier alpha value is -3.15. The zero-order valence-electron chi connectivity index (χ0n) is 20.0.